The lowest BCUT2D eigenvalue weighted by atomic mass is 10.1. The molecule has 2 aromatic carbocycles. The highest BCUT2D eigenvalue weighted by atomic mass is 35.5. The Morgan fingerprint density at radius 1 is 0.800 bits per heavy atom. The van der Waals surface area contributed by atoms with Crippen LogP contribution in [-0.2, 0) is 0 Å². The van der Waals surface area contributed by atoms with Gasteiger partial charge in [-0.1, -0.05) is 30.3 Å². The van der Waals surface area contributed by atoms with E-state index in [0.29, 0.717) is 0 Å². The van der Waals surface area contributed by atoms with Gasteiger partial charge in [-0.25, -0.2) is 0 Å². The van der Waals surface area contributed by atoms with E-state index in [1.54, 1.807) is 0 Å². The maximum Gasteiger partial charge on any atom is 0.140 e. The number of hydrogen-bond donors (Lipinski definition) is 0. The third kappa shape index (κ3) is 2.31. The lowest BCUT2D eigenvalue weighted by Crippen LogP contribution is -3.00. The van der Waals surface area contributed by atoms with Crippen LogP contribution in [0.3, 0.4) is 0 Å². The molecule has 0 aromatic heterocycles. The van der Waals surface area contributed by atoms with Gasteiger partial charge < -0.3 is 12.4 Å². The lowest BCUT2D eigenvalue weighted by molar-refractivity contribution is -0.00000306. The Balaban J connectivity index is 0.00000112. The van der Waals surface area contributed by atoms with Crippen LogP contribution in [0.1, 0.15) is 0 Å². The molecule has 0 N–H and O–H groups in total. The fourth-order valence-electron chi connectivity index (χ4n) is 1.79. The molecular formula is C13H16ClN. The number of quaternary nitrogens is 1. The Kier molecular flexibility index (Phi) is 3.38. The number of hydrogen-bond acceptors (Lipinski definition) is 0. The largest absolute Gasteiger partial charge is 1.00 e. The molecular weight excluding hydrogens is 206 g/mol. The predicted octanol–water partition coefficient (Wildman–Crippen LogP) is 0.0405. The van der Waals surface area contributed by atoms with Crippen LogP contribution in [0.15, 0.2) is 42.5 Å². The summed E-state index contributed by atoms with van der Waals surface area (Å²) in [4.78, 5) is 0. The summed E-state index contributed by atoms with van der Waals surface area (Å²) in [7, 11) is 6.59. The van der Waals surface area contributed by atoms with Crippen molar-refractivity contribution in [2.75, 3.05) is 21.1 Å². The van der Waals surface area contributed by atoms with Crippen LogP contribution in [0.2, 0.25) is 0 Å². The number of rotatable bonds is 1. The first-order valence-electron chi connectivity index (χ1n) is 4.89. The Bertz CT molecular complexity index is 452. The zero-order chi connectivity index (χ0) is 10.2. The molecule has 0 aliphatic heterocycles. The van der Waals surface area contributed by atoms with Crippen LogP contribution in [0, 0.1) is 0 Å². The molecule has 0 aliphatic rings. The standard InChI is InChI=1S/C13H16N.ClH/c1-14(2,3)13-10-6-8-11-7-4-5-9-12(11)13;/h4-10H,1-3H3;1H/q+1;/p-1. The minimum Gasteiger partial charge on any atom is -1.00 e. The van der Waals surface area contributed by atoms with E-state index in [1.807, 2.05) is 0 Å². The molecule has 0 aliphatic carbocycles. The van der Waals surface area contributed by atoms with E-state index in [0.717, 1.165) is 4.48 Å². The molecule has 0 bridgehead atoms. The minimum atomic E-state index is 0. The van der Waals surface area contributed by atoms with Gasteiger partial charge >= 0.3 is 0 Å². The second kappa shape index (κ2) is 4.21. The van der Waals surface area contributed by atoms with Gasteiger partial charge in [-0.2, -0.15) is 0 Å². The van der Waals surface area contributed by atoms with Crippen LogP contribution >= 0.6 is 0 Å². The maximum atomic E-state index is 2.20. The summed E-state index contributed by atoms with van der Waals surface area (Å²) in [5.74, 6) is 0. The Labute approximate surface area is 97.3 Å². The van der Waals surface area contributed by atoms with E-state index >= 15 is 0 Å². The van der Waals surface area contributed by atoms with Crippen molar-refractivity contribution in [2.45, 2.75) is 0 Å². The molecule has 2 heteroatoms. The zero-order valence-corrected chi connectivity index (χ0v) is 10.1. The summed E-state index contributed by atoms with van der Waals surface area (Å²) >= 11 is 0. The van der Waals surface area contributed by atoms with E-state index < -0.39 is 0 Å². The summed E-state index contributed by atoms with van der Waals surface area (Å²) in [6.07, 6.45) is 0. The second-order valence-corrected chi connectivity index (χ2v) is 4.51. The predicted molar refractivity (Wildman–Crippen MR) is 63.5 cm³/mol. The van der Waals surface area contributed by atoms with Gasteiger partial charge in [0.05, 0.1) is 21.1 Å². The fourth-order valence-corrected chi connectivity index (χ4v) is 1.79. The smallest absolute Gasteiger partial charge is 0.140 e. The van der Waals surface area contributed by atoms with Crippen molar-refractivity contribution in [3.8, 4) is 0 Å². The van der Waals surface area contributed by atoms with Gasteiger partial charge in [-0.15, -0.1) is 0 Å². The number of benzene rings is 2. The van der Waals surface area contributed by atoms with Crippen LogP contribution in [0.4, 0.5) is 5.69 Å². The summed E-state index contributed by atoms with van der Waals surface area (Å²) in [5, 5.41) is 2.67. The Morgan fingerprint density at radius 3 is 2.07 bits per heavy atom. The highest BCUT2D eigenvalue weighted by molar-refractivity contribution is 5.93. The lowest BCUT2D eigenvalue weighted by Gasteiger charge is -2.24. The summed E-state index contributed by atoms with van der Waals surface area (Å²) < 4.78 is 0.862. The number of fused-ring (bicyclic) bond motifs is 1. The summed E-state index contributed by atoms with van der Waals surface area (Å²) in [6.45, 7) is 0. The molecule has 0 fully saturated rings. The summed E-state index contributed by atoms with van der Waals surface area (Å²) in [5.41, 5.74) is 1.36. The van der Waals surface area contributed by atoms with Gasteiger partial charge in [-0.3, -0.25) is 4.48 Å². The van der Waals surface area contributed by atoms with Crippen molar-refractivity contribution in [3.05, 3.63) is 42.5 Å². The van der Waals surface area contributed by atoms with E-state index in [1.165, 1.54) is 16.5 Å². The van der Waals surface area contributed by atoms with Crippen molar-refractivity contribution >= 4 is 16.5 Å². The minimum absolute atomic E-state index is 0. The molecule has 0 spiro atoms. The van der Waals surface area contributed by atoms with Crippen LogP contribution in [0.5, 0.6) is 0 Å². The normalized spacial score (nSPS) is 11.1. The topological polar surface area (TPSA) is 0 Å². The van der Waals surface area contributed by atoms with Crippen LogP contribution in [0.25, 0.3) is 10.8 Å². The van der Waals surface area contributed by atoms with Crippen molar-refractivity contribution in [1.29, 1.82) is 0 Å². The summed E-state index contributed by atoms with van der Waals surface area (Å²) in [6, 6.07) is 15.0. The first kappa shape index (κ1) is 12.0. The Morgan fingerprint density at radius 2 is 1.40 bits per heavy atom. The highest BCUT2D eigenvalue weighted by Crippen LogP contribution is 2.27. The molecule has 0 atom stereocenters. The van der Waals surface area contributed by atoms with Crippen molar-refractivity contribution in [3.63, 3.8) is 0 Å². The molecule has 80 valence electrons. The molecule has 1 nitrogen and oxygen atoms in total. The quantitative estimate of drug-likeness (QED) is 0.597. The van der Waals surface area contributed by atoms with Gasteiger partial charge in [0.2, 0.25) is 0 Å². The zero-order valence-electron chi connectivity index (χ0n) is 9.37. The molecule has 15 heavy (non-hydrogen) atoms. The molecule has 0 amide bonds. The molecule has 2 rings (SSSR count). The monoisotopic (exact) mass is 221 g/mol. The van der Waals surface area contributed by atoms with Crippen molar-refractivity contribution in [1.82, 2.24) is 4.48 Å². The molecule has 0 unspecified atom stereocenters. The van der Waals surface area contributed by atoms with Gasteiger partial charge in [-0.05, 0) is 17.5 Å². The van der Waals surface area contributed by atoms with Gasteiger partial charge in [0, 0.05) is 5.39 Å². The molecule has 0 saturated heterocycles. The van der Waals surface area contributed by atoms with Gasteiger partial charge in [0.25, 0.3) is 0 Å². The van der Waals surface area contributed by atoms with Crippen molar-refractivity contribution in [2.24, 2.45) is 0 Å². The first-order valence-corrected chi connectivity index (χ1v) is 4.89. The SMILES string of the molecule is C[N+](C)(C)c1cccc2ccccc12.[Cl-]. The number of nitrogens with zero attached hydrogens (tertiary/aromatic N) is 1. The molecule has 2 aromatic rings. The third-order valence-corrected chi connectivity index (χ3v) is 2.49. The third-order valence-electron chi connectivity index (χ3n) is 2.49. The molecule has 0 radical (unpaired) electrons. The van der Waals surface area contributed by atoms with Gasteiger partial charge in [0.15, 0.2) is 0 Å². The van der Waals surface area contributed by atoms with Crippen molar-refractivity contribution < 1.29 is 12.4 Å². The van der Waals surface area contributed by atoms with E-state index in [4.69, 9.17) is 0 Å². The highest BCUT2D eigenvalue weighted by Gasteiger charge is 2.14. The molecule has 0 heterocycles. The van der Waals surface area contributed by atoms with E-state index in [-0.39, 0.29) is 12.4 Å². The van der Waals surface area contributed by atoms with Crippen LogP contribution in [-0.4, -0.2) is 21.1 Å². The van der Waals surface area contributed by atoms with E-state index in [2.05, 4.69) is 63.6 Å². The van der Waals surface area contributed by atoms with Gasteiger partial charge in [0.1, 0.15) is 5.69 Å². The molecule has 0 saturated carbocycles. The second-order valence-electron chi connectivity index (χ2n) is 4.51. The fraction of sp³-hybridized carbons (Fsp3) is 0.231. The average Bonchev–Trinajstić information content (AvgIpc) is 2.15. The number of halogens is 1. The first-order chi connectivity index (χ1) is 6.59. The average molecular weight is 222 g/mol. The maximum absolute atomic E-state index is 2.20. The Hall–Kier alpha value is -1.05. The van der Waals surface area contributed by atoms with E-state index in [9.17, 15) is 0 Å². The van der Waals surface area contributed by atoms with Crippen LogP contribution < -0.4 is 16.9 Å².